The Labute approximate surface area is 133 Å². The average Bonchev–Trinajstić information content (AvgIpc) is 2.93. The third-order valence-electron chi connectivity index (χ3n) is 3.94. The molecule has 2 rings (SSSR count). The maximum atomic E-state index is 12.0. The van der Waals surface area contributed by atoms with Gasteiger partial charge in [0.25, 0.3) is 0 Å². The number of rotatable bonds is 6. The molecule has 0 spiro atoms. The van der Waals surface area contributed by atoms with Crippen molar-refractivity contribution in [3.8, 4) is 0 Å². The molecular formula is C16H22ClNO2S. The second kappa shape index (κ2) is 7.95. The zero-order chi connectivity index (χ0) is 15.2. The van der Waals surface area contributed by atoms with Gasteiger partial charge >= 0.3 is 0 Å². The van der Waals surface area contributed by atoms with Crippen molar-refractivity contribution in [1.82, 2.24) is 0 Å². The molecule has 0 aliphatic heterocycles. The quantitative estimate of drug-likeness (QED) is 0.854. The first-order chi connectivity index (χ1) is 10.0. The summed E-state index contributed by atoms with van der Waals surface area (Å²) in [7, 11) is -0.950. The summed E-state index contributed by atoms with van der Waals surface area (Å²) in [6.45, 7) is 0. The number of hydrogen-bond acceptors (Lipinski definition) is 2. The van der Waals surface area contributed by atoms with Gasteiger partial charge in [0, 0.05) is 39.9 Å². The van der Waals surface area contributed by atoms with Gasteiger partial charge in [0.15, 0.2) is 0 Å². The fraction of sp³-hybridized carbons (Fsp3) is 0.562. The molecular weight excluding hydrogens is 306 g/mol. The van der Waals surface area contributed by atoms with E-state index in [9.17, 15) is 9.00 Å². The van der Waals surface area contributed by atoms with E-state index in [1.54, 1.807) is 18.4 Å². The summed E-state index contributed by atoms with van der Waals surface area (Å²) in [5.41, 5.74) is 1.54. The normalized spacial score (nSPS) is 16.9. The van der Waals surface area contributed by atoms with Gasteiger partial charge in [0.2, 0.25) is 5.91 Å². The Kier molecular flexibility index (Phi) is 6.24. The lowest BCUT2D eigenvalue weighted by Crippen LogP contribution is -2.13. The lowest BCUT2D eigenvalue weighted by molar-refractivity contribution is -0.116. The molecule has 0 unspecified atom stereocenters. The number of halogens is 1. The summed E-state index contributed by atoms with van der Waals surface area (Å²) < 4.78 is 11.3. The molecule has 3 nitrogen and oxygen atoms in total. The molecule has 1 amide bonds. The van der Waals surface area contributed by atoms with Crippen LogP contribution in [0.1, 0.15) is 44.1 Å². The number of carbonyl (C=O) groups is 1. The van der Waals surface area contributed by atoms with Crippen molar-refractivity contribution in [2.75, 3.05) is 11.6 Å². The fourth-order valence-electron chi connectivity index (χ4n) is 2.84. The molecule has 1 aromatic carbocycles. The van der Waals surface area contributed by atoms with Crippen molar-refractivity contribution < 1.29 is 9.00 Å². The van der Waals surface area contributed by atoms with E-state index < -0.39 is 10.8 Å². The van der Waals surface area contributed by atoms with Gasteiger partial charge in [0.05, 0.1) is 0 Å². The minimum atomic E-state index is -0.950. The van der Waals surface area contributed by atoms with Crippen LogP contribution in [0.5, 0.6) is 0 Å². The zero-order valence-electron chi connectivity index (χ0n) is 12.4. The van der Waals surface area contributed by atoms with Gasteiger partial charge in [-0.3, -0.25) is 9.00 Å². The van der Waals surface area contributed by atoms with Crippen LogP contribution in [-0.4, -0.2) is 16.4 Å². The second-order valence-corrected chi connectivity index (χ2v) is 7.60. The van der Waals surface area contributed by atoms with Gasteiger partial charge < -0.3 is 5.32 Å². The molecule has 116 valence electrons. The maximum Gasteiger partial charge on any atom is 0.224 e. The summed E-state index contributed by atoms with van der Waals surface area (Å²) >= 11 is 6.08. The third-order valence-corrected chi connectivity index (χ3v) is 5.03. The average molecular weight is 328 g/mol. The van der Waals surface area contributed by atoms with Crippen LogP contribution < -0.4 is 5.32 Å². The number of anilines is 1. The number of carbonyl (C=O) groups excluding carboxylic acids is 1. The molecule has 1 saturated carbocycles. The monoisotopic (exact) mass is 327 g/mol. The molecule has 0 radical (unpaired) electrons. The Balaban J connectivity index is 1.89. The van der Waals surface area contributed by atoms with E-state index in [0.29, 0.717) is 17.2 Å². The summed E-state index contributed by atoms with van der Waals surface area (Å²) in [5.74, 6) is 1.18. The molecule has 21 heavy (non-hydrogen) atoms. The van der Waals surface area contributed by atoms with E-state index in [1.807, 2.05) is 6.07 Å². The molecule has 1 fully saturated rings. The fourth-order valence-corrected chi connectivity index (χ4v) is 3.78. The van der Waals surface area contributed by atoms with Crippen LogP contribution in [-0.2, 0) is 21.3 Å². The first-order valence-electron chi connectivity index (χ1n) is 7.43. The molecule has 0 bridgehead atoms. The van der Waals surface area contributed by atoms with Gasteiger partial charge in [-0.05, 0) is 36.1 Å². The lowest BCUT2D eigenvalue weighted by atomic mass is 10.0. The second-order valence-electron chi connectivity index (χ2n) is 5.76. The minimum absolute atomic E-state index is 0.0489. The van der Waals surface area contributed by atoms with Crippen molar-refractivity contribution in [3.05, 3.63) is 28.8 Å². The van der Waals surface area contributed by atoms with Crippen molar-refractivity contribution in [2.24, 2.45) is 5.92 Å². The Bertz CT molecular complexity index is 527. The van der Waals surface area contributed by atoms with E-state index in [2.05, 4.69) is 5.32 Å². The molecule has 0 heterocycles. The molecule has 1 aliphatic rings. The van der Waals surface area contributed by atoms with Gasteiger partial charge in [-0.25, -0.2) is 0 Å². The van der Waals surface area contributed by atoms with Crippen LogP contribution in [0, 0.1) is 5.92 Å². The minimum Gasteiger partial charge on any atom is -0.326 e. The maximum absolute atomic E-state index is 12.0. The topological polar surface area (TPSA) is 46.2 Å². The molecule has 5 heteroatoms. The van der Waals surface area contributed by atoms with E-state index in [1.165, 1.54) is 25.7 Å². The van der Waals surface area contributed by atoms with Crippen LogP contribution in [0.3, 0.4) is 0 Å². The van der Waals surface area contributed by atoms with Gasteiger partial charge in [-0.15, -0.1) is 0 Å². The van der Waals surface area contributed by atoms with Crippen LogP contribution in [0.15, 0.2) is 18.2 Å². The molecule has 1 N–H and O–H groups in total. The predicted octanol–water partition coefficient (Wildman–Crippen LogP) is 4.13. The number of nitrogens with one attached hydrogen (secondary N) is 1. The van der Waals surface area contributed by atoms with Crippen molar-refractivity contribution in [1.29, 1.82) is 0 Å². The van der Waals surface area contributed by atoms with Crippen molar-refractivity contribution >= 4 is 34.0 Å². The van der Waals surface area contributed by atoms with Crippen LogP contribution in [0.4, 0.5) is 5.69 Å². The molecule has 0 saturated heterocycles. The Morgan fingerprint density at radius 3 is 2.76 bits per heavy atom. The number of amides is 1. The SMILES string of the molecule is C[S@@](=O)Cc1cc(NC(=O)CCC2CCCC2)ccc1Cl. The van der Waals surface area contributed by atoms with E-state index in [4.69, 9.17) is 11.6 Å². The highest BCUT2D eigenvalue weighted by Crippen LogP contribution is 2.28. The summed E-state index contributed by atoms with van der Waals surface area (Å²) in [6.07, 6.45) is 8.33. The largest absolute Gasteiger partial charge is 0.326 e. The summed E-state index contributed by atoms with van der Waals surface area (Å²) in [6, 6.07) is 5.35. The highest BCUT2D eigenvalue weighted by Gasteiger charge is 2.16. The van der Waals surface area contributed by atoms with Gasteiger partial charge in [-0.1, -0.05) is 37.3 Å². The standard InChI is InChI=1S/C16H22ClNO2S/c1-21(20)11-13-10-14(7-8-15(13)17)18-16(19)9-6-12-4-2-3-5-12/h7-8,10,12H,2-6,9,11H2,1H3,(H,18,19)/t21-/m1/s1. The Hall–Kier alpha value is -0.870. The van der Waals surface area contributed by atoms with Crippen molar-refractivity contribution in [3.63, 3.8) is 0 Å². The highest BCUT2D eigenvalue weighted by molar-refractivity contribution is 7.83. The summed E-state index contributed by atoms with van der Waals surface area (Å²) in [5, 5.41) is 3.50. The van der Waals surface area contributed by atoms with Crippen LogP contribution in [0.2, 0.25) is 5.02 Å². The van der Waals surface area contributed by atoms with Gasteiger partial charge in [-0.2, -0.15) is 0 Å². The predicted molar refractivity (Wildman–Crippen MR) is 89.0 cm³/mol. The van der Waals surface area contributed by atoms with Gasteiger partial charge in [0.1, 0.15) is 0 Å². The Morgan fingerprint density at radius 1 is 1.38 bits per heavy atom. The molecule has 0 aromatic heterocycles. The third kappa shape index (κ3) is 5.44. The zero-order valence-corrected chi connectivity index (χ0v) is 13.9. The molecule has 1 aliphatic carbocycles. The molecule has 1 atom stereocenters. The van der Waals surface area contributed by atoms with Crippen LogP contribution in [0.25, 0.3) is 0 Å². The van der Waals surface area contributed by atoms with E-state index >= 15 is 0 Å². The highest BCUT2D eigenvalue weighted by atomic mass is 35.5. The number of hydrogen-bond donors (Lipinski definition) is 1. The number of benzene rings is 1. The summed E-state index contributed by atoms with van der Waals surface area (Å²) in [4.78, 5) is 12.0. The van der Waals surface area contributed by atoms with E-state index in [0.717, 1.165) is 23.6 Å². The smallest absolute Gasteiger partial charge is 0.224 e. The first kappa shape index (κ1) is 16.5. The Morgan fingerprint density at radius 2 is 2.10 bits per heavy atom. The first-order valence-corrected chi connectivity index (χ1v) is 9.53. The van der Waals surface area contributed by atoms with Crippen molar-refractivity contribution in [2.45, 2.75) is 44.3 Å². The molecule has 1 aromatic rings. The van der Waals surface area contributed by atoms with E-state index in [-0.39, 0.29) is 5.91 Å². The van der Waals surface area contributed by atoms with Crippen LogP contribution >= 0.6 is 11.6 Å². The lowest BCUT2D eigenvalue weighted by Gasteiger charge is -2.10.